The van der Waals surface area contributed by atoms with Crippen LogP contribution in [0.4, 0.5) is 0 Å². The maximum atomic E-state index is 11.8. The fourth-order valence-electron chi connectivity index (χ4n) is 2.61. The molecule has 1 amide bonds. The Bertz CT molecular complexity index is 439. The third kappa shape index (κ3) is 5.38. The van der Waals surface area contributed by atoms with Crippen molar-refractivity contribution in [2.75, 3.05) is 13.2 Å². The molecule has 2 rings (SSSR count). The van der Waals surface area contributed by atoms with Gasteiger partial charge in [-0.05, 0) is 43.7 Å². The summed E-state index contributed by atoms with van der Waals surface area (Å²) in [4.78, 5) is 11.8. The number of aliphatic hydroxyl groups is 1. The maximum Gasteiger partial charge on any atom is 0.223 e. The standard InChI is InChI=1S/C17H25NO3/c1-14-7-10-17(20,11-8-14)13-18-16(19)9-12-21-15-5-3-2-4-6-15/h2-6,14,20H,7-13H2,1H3,(H,18,19). The molecule has 0 aromatic heterocycles. The lowest BCUT2D eigenvalue weighted by molar-refractivity contribution is -0.123. The summed E-state index contributed by atoms with van der Waals surface area (Å²) in [6, 6.07) is 9.45. The highest BCUT2D eigenvalue weighted by atomic mass is 16.5. The first-order valence-electron chi connectivity index (χ1n) is 7.74. The van der Waals surface area contributed by atoms with Crippen LogP contribution in [-0.4, -0.2) is 29.8 Å². The largest absolute Gasteiger partial charge is 0.493 e. The van der Waals surface area contributed by atoms with E-state index < -0.39 is 5.60 Å². The van der Waals surface area contributed by atoms with Crippen LogP contribution in [0.2, 0.25) is 0 Å². The van der Waals surface area contributed by atoms with Gasteiger partial charge in [-0.2, -0.15) is 0 Å². The summed E-state index contributed by atoms with van der Waals surface area (Å²) in [7, 11) is 0. The molecule has 0 heterocycles. The highest BCUT2D eigenvalue weighted by Crippen LogP contribution is 2.31. The summed E-state index contributed by atoms with van der Waals surface area (Å²) in [5.74, 6) is 1.38. The minimum atomic E-state index is -0.720. The van der Waals surface area contributed by atoms with Gasteiger partial charge in [0.25, 0.3) is 0 Å². The molecule has 0 aliphatic heterocycles. The quantitative estimate of drug-likeness (QED) is 0.846. The molecule has 0 unspecified atom stereocenters. The minimum absolute atomic E-state index is 0.0713. The van der Waals surface area contributed by atoms with Crippen molar-refractivity contribution < 1.29 is 14.6 Å². The third-order valence-corrected chi connectivity index (χ3v) is 4.16. The lowest BCUT2D eigenvalue weighted by Crippen LogP contribution is -2.45. The summed E-state index contributed by atoms with van der Waals surface area (Å²) in [6.45, 7) is 2.91. The van der Waals surface area contributed by atoms with Crippen LogP contribution in [0.5, 0.6) is 5.75 Å². The molecular weight excluding hydrogens is 266 g/mol. The van der Waals surface area contributed by atoms with Gasteiger partial charge in [0.05, 0.1) is 18.6 Å². The molecule has 0 radical (unpaired) electrons. The molecule has 21 heavy (non-hydrogen) atoms. The molecule has 0 atom stereocenters. The van der Waals surface area contributed by atoms with E-state index in [0.717, 1.165) is 31.4 Å². The fourth-order valence-corrected chi connectivity index (χ4v) is 2.61. The van der Waals surface area contributed by atoms with Crippen LogP contribution in [0.1, 0.15) is 39.0 Å². The number of hydrogen-bond donors (Lipinski definition) is 2. The van der Waals surface area contributed by atoms with E-state index in [9.17, 15) is 9.90 Å². The molecule has 4 nitrogen and oxygen atoms in total. The summed E-state index contributed by atoms with van der Waals surface area (Å²) >= 11 is 0. The van der Waals surface area contributed by atoms with Crippen molar-refractivity contribution in [3.05, 3.63) is 30.3 Å². The number of para-hydroxylation sites is 1. The number of nitrogens with one attached hydrogen (secondary N) is 1. The first-order valence-corrected chi connectivity index (χ1v) is 7.74. The van der Waals surface area contributed by atoms with Gasteiger partial charge in [-0.3, -0.25) is 4.79 Å². The summed E-state index contributed by atoms with van der Waals surface area (Å²) < 4.78 is 5.48. The van der Waals surface area contributed by atoms with Crippen LogP contribution in [-0.2, 0) is 4.79 Å². The van der Waals surface area contributed by atoms with Gasteiger partial charge in [0.2, 0.25) is 5.91 Å². The fraction of sp³-hybridized carbons (Fsp3) is 0.588. The first kappa shape index (κ1) is 15.8. The summed E-state index contributed by atoms with van der Waals surface area (Å²) in [5.41, 5.74) is -0.720. The summed E-state index contributed by atoms with van der Waals surface area (Å²) in [5, 5.41) is 13.2. The van der Waals surface area contributed by atoms with Gasteiger partial charge in [0, 0.05) is 6.54 Å². The SMILES string of the molecule is CC1CCC(O)(CNC(=O)CCOc2ccccc2)CC1. The Kier molecular flexibility index (Phi) is 5.62. The van der Waals surface area contributed by atoms with E-state index in [0.29, 0.717) is 25.5 Å². The number of amides is 1. The molecule has 2 N–H and O–H groups in total. The zero-order chi connectivity index (χ0) is 15.1. The van der Waals surface area contributed by atoms with Gasteiger partial charge in [-0.25, -0.2) is 0 Å². The predicted molar refractivity (Wildman–Crippen MR) is 82.1 cm³/mol. The Morgan fingerprint density at radius 2 is 2.00 bits per heavy atom. The van der Waals surface area contributed by atoms with E-state index in [-0.39, 0.29) is 5.91 Å². The number of carbonyl (C=O) groups is 1. The van der Waals surface area contributed by atoms with E-state index in [2.05, 4.69) is 12.2 Å². The Hall–Kier alpha value is -1.55. The van der Waals surface area contributed by atoms with Crippen LogP contribution in [0.3, 0.4) is 0 Å². The highest BCUT2D eigenvalue weighted by molar-refractivity contribution is 5.76. The Balaban J connectivity index is 1.63. The lowest BCUT2D eigenvalue weighted by atomic mass is 9.79. The molecule has 1 aliphatic rings. The second-order valence-electron chi connectivity index (χ2n) is 6.10. The van der Waals surface area contributed by atoms with Crippen LogP contribution in [0, 0.1) is 5.92 Å². The van der Waals surface area contributed by atoms with E-state index in [1.54, 1.807) is 0 Å². The second-order valence-corrected chi connectivity index (χ2v) is 6.10. The normalized spacial score (nSPS) is 25.3. The maximum absolute atomic E-state index is 11.8. The van der Waals surface area contributed by atoms with Crippen LogP contribution >= 0.6 is 0 Å². The summed E-state index contributed by atoms with van der Waals surface area (Å²) in [6.07, 6.45) is 3.91. The second kappa shape index (κ2) is 7.46. The van der Waals surface area contributed by atoms with Crippen LogP contribution in [0.15, 0.2) is 30.3 Å². The van der Waals surface area contributed by atoms with Gasteiger partial charge in [-0.15, -0.1) is 0 Å². The van der Waals surface area contributed by atoms with E-state index >= 15 is 0 Å². The van der Waals surface area contributed by atoms with Crippen molar-refractivity contribution in [1.29, 1.82) is 0 Å². The molecule has 1 aromatic carbocycles. The molecule has 0 saturated heterocycles. The average molecular weight is 291 g/mol. The van der Waals surface area contributed by atoms with Crippen LogP contribution in [0.25, 0.3) is 0 Å². The number of hydrogen-bond acceptors (Lipinski definition) is 3. The highest BCUT2D eigenvalue weighted by Gasteiger charge is 2.31. The molecule has 0 spiro atoms. The molecule has 0 bridgehead atoms. The van der Waals surface area contributed by atoms with E-state index in [1.165, 1.54) is 0 Å². The number of rotatable bonds is 6. The van der Waals surface area contributed by atoms with E-state index in [4.69, 9.17) is 4.74 Å². The van der Waals surface area contributed by atoms with Gasteiger partial charge in [0.1, 0.15) is 5.75 Å². The van der Waals surface area contributed by atoms with Gasteiger partial charge in [0.15, 0.2) is 0 Å². The molecule has 1 saturated carbocycles. The lowest BCUT2D eigenvalue weighted by Gasteiger charge is -2.34. The Labute approximate surface area is 126 Å². The minimum Gasteiger partial charge on any atom is -0.493 e. The van der Waals surface area contributed by atoms with Crippen molar-refractivity contribution in [3.63, 3.8) is 0 Å². The van der Waals surface area contributed by atoms with Crippen molar-refractivity contribution in [1.82, 2.24) is 5.32 Å². The number of benzene rings is 1. The first-order chi connectivity index (χ1) is 10.1. The Morgan fingerprint density at radius 3 is 2.67 bits per heavy atom. The zero-order valence-corrected chi connectivity index (χ0v) is 12.7. The molecular formula is C17H25NO3. The molecule has 1 aromatic rings. The zero-order valence-electron chi connectivity index (χ0n) is 12.7. The third-order valence-electron chi connectivity index (χ3n) is 4.16. The van der Waals surface area contributed by atoms with E-state index in [1.807, 2.05) is 30.3 Å². The van der Waals surface area contributed by atoms with Gasteiger partial charge in [-0.1, -0.05) is 25.1 Å². The molecule has 1 fully saturated rings. The monoisotopic (exact) mass is 291 g/mol. The molecule has 4 heteroatoms. The smallest absolute Gasteiger partial charge is 0.223 e. The number of carbonyl (C=O) groups excluding carboxylic acids is 1. The van der Waals surface area contributed by atoms with Crippen molar-refractivity contribution in [2.24, 2.45) is 5.92 Å². The molecule has 1 aliphatic carbocycles. The Morgan fingerprint density at radius 1 is 1.33 bits per heavy atom. The van der Waals surface area contributed by atoms with Crippen LogP contribution < -0.4 is 10.1 Å². The average Bonchev–Trinajstić information content (AvgIpc) is 2.50. The van der Waals surface area contributed by atoms with Crippen molar-refractivity contribution in [2.45, 2.75) is 44.6 Å². The van der Waals surface area contributed by atoms with Gasteiger partial charge < -0.3 is 15.2 Å². The number of ether oxygens (including phenoxy) is 1. The van der Waals surface area contributed by atoms with Gasteiger partial charge >= 0.3 is 0 Å². The van der Waals surface area contributed by atoms with Crippen molar-refractivity contribution in [3.8, 4) is 5.75 Å². The topological polar surface area (TPSA) is 58.6 Å². The van der Waals surface area contributed by atoms with Crippen molar-refractivity contribution >= 4 is 5.91 Å². The predicted octanol–water partition coefficient (Wildman–Crippen LogP) is 2.51. The molecule has 116 valence electrons.